The van der Waals surface area contributed by atoms with Gasteiger partial charge in [0.1, 0.15) is 10.6 Å². The Morgan fingerprint density at radius 2 is 2.10 bits per heavy atom. The molecule has 116 valence electrons. The number of thiophene rings is 1. The van der Waals surface area contributed by atoms with Gasteiger partial charge in [-0.25, -0.2) is 4.98 Å². The van der Waals surface area contributed by atoms with Gasteiger partial charge >= 0.3 is 0 Å². The zero-order chi connectivity index (χ0) is 15.2. The van der Waals surface area contributed by atoms with Crippen molar-refractivity contribution in [1.29, 1.82) is 0 Å². The second kappa shape index (κ2) is 7.56. The lowest BCUT2D eigenvalue weighted by Crippen LogP contribution is -2.28. The number of fused-ring (bicyclic) bond motifs is 1. The zero-order valence-electron chi connectivity index (χ0n) is 13.3. The predicted molar refractivity (Wildman–Crippen MR) is 90.7 cm³/mol. The summed E-state index contributed by atoms with van der Waals surface area (Å²) in [6.45, 7) is 9.54. The number of rotatable bonds is 8. The van der Waals surface area contributed by atoms with E-state index in [1.165, 1.54) is 4.88 Å². The first kappa shape index (κ1) is 16.0. The maximum atomic E-state index is 5.48. The summed E-state index contributed by atoms with van der Waals surface area (Å²) in [5.41, 5.74) is 0. The van der Waals surface area contributed by atoms with Crippen LogP contribution >= 0.6 is 11.3 Å². The molecule has 0 saturated carbocycles. The van der Waals surface area contributed by atoms with Crippen LogP contribution in [0.4, 0.5) is 11.8 Å². The van der Waals surface area contributed by atoms with Gasteiger partial charge in [-0.05, 0) is 26.3 Å². The van der Waals surface area contributed by atoms with Crippen molar-refractivity contribution in [3.05, 3.63) is 10.9 Å². The highest BCUT2D eigenvalue weighted by molar-refractivity contribution is 7.18. The lowest BCUT2D eigenvalue weighted by atomic mass is 10.3. The van der Waals surface area contributed by atoms with Crippen molar-refractivity contribution in [3.63, 3.8) is 0 Å². The SMILES string of the molecule is CCOCCN(CC)c1nc(NC)nc2sc(CC)cc12. The molecule has 0 aliphatic heterocycles. The Morgan fingerprint density at radius 3 is 2.71 bits per heavy atom. The molecule has 1 N–H and O–H groups in total. The van der Waals surface area contributed by atoms with Crippen molar-refractivity contribution >= 4 is 33.3 Å². The molecule has 0 radical (unpaired) electrons. The molecule has 2 rings (SSSR count). The standard InChI is InChI=1S/C15H24N4OS/c1-5-11-10-12-13(19(6-2)8-9-20-7-3)17-15(16-4)18-14(12)21-11/h10H,5-9H2,1-4H3,(H,16,17,18). The molecule has 0 bridgehead atoms. The number of likely N-dealkylation sites (N-methyl/N-ethyl adjacent to an activating group) is 1. The second-order valence-corrected chi connectivity index (χ2v) is 5.80. The van der Waals surface area contributed by atoms with E-state index in [0.29, 0.717) is 5.95 Å². The van der Waals surface area contributed by atoms with Crippen LogP contribution < -0.4 is 10.2 Å². The summed E-state index contributed by atoms with van der Waals surface area (Å²) >= 11 is 1.75. The van der Waals surface area contributed by atoms with E-state index in [4.69, 9.17) is 4.74 Å². The highest BCUT2D eigenvalue weighted by Gasteiger charge is 2.15. The Kier molecular flexibility index (Phi) is 5.76. The number of aryl methyl sites for hydroxylation is 1. The first-order chi connectivity index (χ1) is 10.2. The lowest BCUT2D eigenvalue weighted by molar-refractivity contribution is 0.154. The molecule has 0 aliphatic rings. The third kappa shape index (κ3) is 3.63. The van der Waals surface area contributed by atoms with Gasteiger partial charge in [-0.3, -0.25) is 0 Å². The Bertz CT molecular complexity index is 584. The number of anilines is 2. The fourth-order valence-corrected chi connectivity index (χ4v) is 3.18. The number of hydrogen-bond acceptors (Lipinski definition) is 6. The maximum Gasteiger partial charge on any atom is 0.225 e. The Labute approximate surface area is 130 Å². The van der Waals surface area contributed by atoms with Gasteiger partial charge in [-0.15, -0.1) is 11.3 Å². The van der Waals surface area contributed by atoms with E-state index < -0.39 is 0 Å². The molecule has 6 heteroatoms. The van der Waals surface area contributed by atoms with E-state index in [1.54, 1.807) is 11.3 Å². The topological polar surface area (TPSA) is 50.3 Å². The first-order valence-corrected chi connectivity index (χ1v) is 8.35. The fraction of sp³-hybridized carbons (Fsp3) is 0.600. The van der Waals surface area contributed by atoms with Crippen LogP contribution in [-0.4, -0.2) is 43.3 Å². The molecular weight excluding hydrogens is 284 g/mol. The number of nitrogens with one attached hydrogen (secondary N) is 1. The summed E-state index contributed by atoms with van der Waals surface area (Å²) in [7, 11) is 1.86. The third-order valence-corrected chi connectivity index (χ3v) is 4.56. The summed E-state index contributed by atoms with van der Waals surface area (Å²) in [6.07, 6.45) is 1.03. The van der Waals surface area contributed by atoms with Crippen LogP contribution in [0.3, 0.4) is 0 Å². The maximum absolute atomic E-state index is 5.48. The first-order valence-electron chi connectivity index (χ1n) is 7.54. The van der Waals surface area contributed by atoms with Crippen LogP contribution in [0.5, 0.6) is 0 Å². The number of hydrogen-bond donors (Lipinski definition) is 1. The molecule has 2 aromatic rings. The molecule has 21 heavy (non-hydrogen) atoms. The molecule has 0 spiro atoms. The van der Waals surface area contributed by atoms with E-state index in [2.05, 4.69) is 40.1 Å². The average Bonchev–Trinajstić information content (AvgIpc) is 2.94. The van der Waals surface area contributed by atoms with Gasteiger partial charge in [0.2, 0.25) is 5.95 Å². The molecule has 0 aromatic carbocycles. The summed E-state index contributed by atoms with van der Waals surface area (Å²) in [5.74, 6) is 1.68. The quantitative estimate of drug-likeness (QED) is 0.759. The molecule has 0 fully saturated rings. The van der Waals surface area contributed by atoms with Crippen molar-refractivity contribution < 1.29 is 4.74 Å². The molecule has 2 heterocycles. The van der Waals surface area contributed by atoms with Crippen LogP contribution in [0, 0.1) is 0 Å². The Balaban J connectivity index is 2.40. The summed E-state index contributed by atoms with van der Waals surface area (Å²) in [6, 6.07) is 2.22. The van der Waals surface area contributed by atoms with E-state index in [-0.39, 0.29) is 0 Å². The highest BCUT2D eigenvalue weighted by Crippen LogP contribution is 2.32. The van der Waals surface area contributed by atoms with Crippen LogP contribution in [0.15, 0.2) is 6.07 Å². The normalized spacial score (nSPS) is 11.0. The van der Waals surface area contributed by atoms with Gasteiger partial charge in [0, 0.05) is 31.6 Å². The van der Waals surface area contributed by atoms with Crippen molar-refractivity contribution in [2.24, 2.45) is 0 Å². The average molecular weight is 308 g/mol. The Morgan fingerprint density at radius 1 is 1.29 bits per heavy atom. The fourth-order valence-electron chi connectivity index (χ4n) is 2.22. The van der Waals surface area contributed by atoms with Gasteiger partial charge in [0.05, 0.1) is 12.0 Å². The highest BCUT2D eigenvalue weighted by atomic mass is 32.1. The van der Waals surface area contributed by atoms with Gasteiger partial charge in [0.15, 0.2) is 0 Å². The summed E-state index contributed by atoms with van der Waals surface area (Å²) in [4.78, 5) is 13.9. The van der Waals surface area contributed by atoms with Crippen molar-refractivity contribution in [3.8, 4) is 0 Å². The molecular formula is C15H24N4OS. The molecule has 0 unspecified atom stereocenters. The monoisotopic (exact) mass is 308 g/mol. The van der Waals surface area contributed by atoms with E-state index in [9.17, 15) is 0 Å². The van der Waals surface area contributed by atoms with Gasteiger partial charge in [0.25, 0.3) is 0 Å². The molecule has 2 aromatic heterocycles. The van der Waals surface area contributed by atoms with E-state index >= 15 is 0 Å². The summed E-state index contributed by atoms with van der Waals surface area (Å²) < 4.78 is 5.48. The number of ether oxygens (including phenoxy) is 1. The van der Waals surface area contributed by atoms with E-state index in [1.807, 2.05) is 14.0 Å². The molecule has 0 saturated heterocycles. The smallest absolute Gasteiger partial charge is 0.225 e. The minimum atomic E-state index is 0.678. The van der Waals surface area contributed by atoms with Crippen LogP contribution in [0.1, 0.15) is 25.6 Å². The third-order valence-electron chi connectivity index (χ3n) is 3.39. The van der Waals surface area contributed by atoms with Crippen molar-refractivity contribution in [2.75, 3.05) is 43.6 Å². The molecule has 0 atom stereocenters. The van der Waals surface area contributed by atoms with Crippen LogP contribution in [-0.2, 0) is 11.2 Å². The molecule has 5 nitrogen and oxygen atoms in total. The predicted octanol–water partition coefficient (Wildman–Crippen LogP) is 3.16. The van der Waals surface area contributed by atoms with Gasteiger partial charge in [-0.1, -0.05) is 6.92 Å². The van der Waals surface area contributed by atoms with E-state index in [0.717, 1.165) is 48.8 Å². The molecule has 0 aliphatic carbocycles. The Hall–Kier alpha value is -1.40. The second-order valence-electron chi connectivity index (χ2n) is 4.68. The minimum Gasteiger partial charge on any atom is -0.380 e. The number of aromatic nitrogens is 2. The van der Waals surface area contributed by atoms with Crippen molar-refractivity contribution in [1.82, 2.24) is 9.97 Å². The summed E-state index contributed by atoms with van der Waals surface area (Å²) in [5, 5.41) is 4.21. The lowest BCUT2D eigenvalue weighted by Gasteiger charge is -2.22. The zero-order valence-corrected chi connectivity index (χ0v) is 14.1. The minimum absolute atomic E-state index is 0.678. The molecule has 0 amide bonds. The largest absolute Gasteiger partial charge is 0.380 e. The van der Waals surface area contributed by atoms with Crippen molar-refractivity contribution in [2.45, 2.75) is 27.2 Å². The van der Waals surface area contributed by atoms with Crippen LogP contribution in [0.2, 0.25) is 0 Å². The van der Waals surface area contributed by atoms with Gasteiger partial charge in [-0.2, -0.15) is 4.98 Å². The number of nitrogens with zero attached hydrogens (tertiary/aromatic N) is 3. The van der Waals surface area contributed by atoms with Gasteiger partial charge < -0.3 is 15.0 Å². The van der Waals surface area contributed by atoms with Crippen LogP contribution in [0.25, 0.3) is 10.2 Å².